The molecule has 0 fully saturated rings. The van der Waals surface area contributed by atoms with Gasteiger partial charge in [-0.15, -0.1) is 5.10 Å². The van der Waals surface area contributed by atoms with Gasteiger partial charge in [0, 0.05) is 22.0 Å². The summed E-state index contributed by atoms with van der Waals surface area (Å²) in [6.07, 6.45) is 0. The van der Waals surface area contributed by atoms with Gasteiger partial charge in [0.25, 0.3) is 0 Å². The number of rotatable bonds is 9. The molecule has 0 aliphatic carbocycles. The molecule has 0 saturated heterocycles. The Morgan fingerprint density at radius 2 is 0.903 bits per heavy atom. The lowest BCUT2D eigenvalue weighted by Crippen LogP contribution is -2.09. The van der Waals surface area contributed by atoms with E-state index in [1.807, 2.05) is 44.2 Å². The van der Waals surface area contributed by atoms with Crippen LogP contribution in [0.4, 0.5) is 0 Å². The van der Waals surface area contributed by atoms with Crippen LogP contribution in [-0.4, -0.2) is 10.5 Å². The van der Waals surface area contributed by atoms with Crippen molar-refractivity contribution in [2.24, 2.45) is 10.9 Å². The van der Waals surface area contributed by atoms with Crippen LogP contribution < -0.4 is 5.84 Å². The summed E-state index contributed by atoms with van der Waals surface area (Å²) in [5, 5.41) is 6.35. The number of hydrogen-bond acceptors (Lipinski definition) is 3. The van der Waals surface area contributed by atoms with E-state index in [1.54, 1.807) is 0 Å². The minimum absolute atomic E-state index is 0.366. The molecule has 0 bridgehead atoms. The molecule has 0 radical (unpaired) electrons. The van der Waals surface area contributed by atoms with Crippen LogP contribution in [0.5, 0.6) is 0 Å². The summed E-state index contributed by atoms with van der Waals surface area (Å²) in [4.78, 5) is 0. The molecule has 0 saturated carbocycles. The smallest absolute Gasteiger partial charge is 0.237 e. The topological polar surface area (TPSA) is 52.5 Å². The summed E-state index contributed by atoms with van der Waals surface area (Å²) in [5.41, 5.74) is 17.2. The summed E-state index contributed by atoms with van der Waals surface area (Å²) in [6.45, 7) is 4.37. The van der Waals surface area contributed by atoms with E-state index in [4.69, 9.17) is 10.6 Å². The van der Waals surface area contributed by atoms with Gasteiger partial charge in [-0.1, -0.05) is 190 Å². The van der Waals surface area contributed by atoms with E-state index >= 15 is 0 Å². The second kappa shape index (κ2) is 18.1. The van der Waals surface area contributed by atoms with Crippen molar-refractivity contribution in [3.8, 4) is 61.3 Å². The van der Waals surface area contributed by atoms with Crippen LogP contribution in [0.25, 0.3) is 83.1 Å². The zero-order chi connectivity index (χ0) is 42.3. The fourth-order valence-electron chi connectivity index (χ4n) is 8.38. The third-order valence-electron chi connectivity index (χ3n) is 11.3. The Morgan fingerprint density at radius 3 is 1.55 bits per heavy atom. The highest BCUT2D eigenvalue weighted by molar-refractivity contribution is 6.10. The molecule has 10 rings (SSSR count). The van der Waals surface area contributed by atoms with Crippen LogP contribution in [0.15, 0.2) is 230 Å². The minimum atomic E-state index is 0.366. The largest absolute Gasteiger partial charge is 0.471 e. The molecule has 0 unspecified atom stereocenters. The van der Waals surface area contributed by atoms with Crippen LogP contribution >= 0.6 is 0 Å². The molecule has 1 aromatic heterocycles. The Morgan fingerprint density at radius 1 is 0.419 bits per heavy atom. The summed E-state index contributed by atoms with van der Waals surface area (Å²) < 4.78 is 8.39. The van der Waals surface area contributed by atoms with Gasteiger partial charge in [-0.3, -0.25) is 0 Å². The SMILES string of the molecule is CC.N/N=C(\OCc1ccc(-c2ccccc2-c2ccccc2-c2ccc(-n3c4ccccc4c4cc(-c5cccc(-c6ccccc6)c5)ccc43)cc2)cc1)c1ccccc1. The molecule has 4 heteroatoms. The number of fused-ring (bicyclic) bond motifs is 3. The van der Waals surface area contributed by atoms with Gasteiger partial charge in [-0.05, 0) is 110 Å². The molecule has 2 N–H and O–H groups in total. The first-order chi connectivity index (χ1) is 30.7. The summed E-state index contributed by atoms with van der Waals surface area (Å²) in [5.74, 6) is 6.08. The quantitative estimate of drug-likeness (QED) is 0.0684. The zero-order valence-corrected chi connectivity index (χ0v) is 34.9. The van der Waals surface area contributed by atoms with Gasteiger partial charge in [0.15, 0.2) is 0 Å². The van der Waals surface area contributed by atoms with E-state index in [2.05, 4.69) is 204 Å². The van der Waals surface area contributed by atoms with E-state index in [0.29, 0.717) is 12.5 Å². The van der Waals surface area contributed by atoms with Crippen molar-refractivity contribution in [3.63, 3.8) is 0 Å². The van der Waals surface area contributed by atoms with E-state index in [9.17, 15) is 0 Å². The Labute approximate surface area is 363 Å². The predicted octanol–water partition coefficient (Wildman–Crippen LogP) is 15.0. The third-order valence-corrected chi connectivity index (χ3v) is 11.3. The third kappa shape index (κ3) is 7.90. The van der Waals surface area contributed by atoms with Gasteiger partial charge >= 0.3 is 0 Å². The number of para-hydroxylation sites is 1. The van der Waals surface area contributed by atoms with Crippen LogP contribution in [0, 0.1) is 0 Å². The molecular weight excluding hydrogens is 755 g/mol. The minimum Gasteiger partial charge on any atom is -0.471 e. The van der Waals surface area contributed by atoms with E-state index in [0.717, 1.165) is 27.9 Å². The molecule has 62 heavy (non-hydrogen) atoms. The second-order valence-corrected chi connectivity index (χ2v) is 15.0. The van der Waals surface area contributed by atoms with Gasteiger partial charge in [-0.2, -0.15) is 0 Å². The number of aromatic nitrogens is 1. The number of nitrogens with two attached hydrogens (primary N) is 1. The molecule has 9 aromatic carbocycles. The first-order valence-electron chi connectivity index (χ1n) is 21.3. The summed E-state index contributed by atoms with van der Waals surface area (Å²) >= 11 is 0. The van der Waals surface area contributed by atoms with Gasteiger partial charge in [-0.25, -0.2) is 0 Å². The first-order valence-corrected chi connectivity index (χ1v) is 21.3. The van der Waals surface area contributed by atoms with Crippen molar-refractivity contribution in [2.75, 3.05) is 0 Å². The highest BCUT2D eigenvalue weighted by Crippen LogP contribution is 2.40. The summed E-state index contributed by atoms with van der Waals surface area (Å²) in [6, 6.07) is 79.6. The molecule has 300 valence electrons. The van der Waals surface area contributed by atoms with Gasteiger partial charge in [0.2, 0.25) is 5.90 Å². The average molecular weight is 802 g/mol. The fourth-order valence-corrected chi connectivity index (χ4v) is 8.38. The van der Waals surface area contributed by atoms with Crippen molar-refractivity contribution in [1.82, 2.24) is 4.57 Å². The van der Waals surface area contributed by atoms with Crippen molar-refractivity contribution < 1.29 is 4.74 Å². The Bertz CT molecular complexity index is 3130. The molecule has 4 nitrogen and oxygen atoms in total. The average Bonchev–Trinajstić information content (AvgIpc) is 3.69. The Hall–Kier alpha value is -7.95. The van der Waals surface area contributed by atoms with Gasteiger partial charge in [0.1, 0.15) is 6.61 Å². The zero-order valence-electron chi connectivity index (χ0n) is 34.9. The maximum Gasteiger partial charge on any atom is 0.237 e. The van der Waals surface area contributed by atoms with E-state index in [-0.39, 0.29) is 0 Å². The molecule has 1 heterocycles. The molecular formula is C58H47N3O. The molecule has 10 aromatic rings. The molecule has 0 spiro atoms. The lowest BCUT2D eigenvalue weighted by Gasteiger charge is -2.16. The highest BCUT2D eigenvalue weighted by atomic mass is 16.5. The number of benzene rings is 9. The van der Waals surface area contributed by atoms with Crippen LogP contribution in [-0.2, 0) is 11.3 Å². The Balaban J connectivity index is 0.00000242. The van der Waals surface area contributed by atoms with Crippen molar-refractivity contribution >= 4 is 27.7 Å². The van der Waals surface area contributed by atoms with Crippen molar-refractivity contribution in [3.05, 3.63) is 236 Å². The standard InChI is InChI=1S/C56H41N3O.C2H6/c57-58-56(43-16-5-2-6-17-43)60-38-39-26-28-41(29-27-39)48-20-7-9-22-50(48)51-23-10-8-21-49(51)42-30-33-47(34-31-42)59-54-25-12-11-24-52(54)53-37-46(32-35-55(53)59)45-19-13-18-44(36-45)40-14-3-1-4-15-40;1-2/h1-37H,38,57H2;1-2H3/b58-56-;. The van der Waals surface area contributed by atoms with Gasteiger partial charge < -0.3 is 15.1 Å². The second-order valence-electron chi connectivity index (χ2n) is 15.0. The molecule has 0 atom stereocenters. The highest BCUT2D eigenvalue weighted by Gasteiger charge is 2.16. The monoisotopic (exact) mass is 801 g/mol. The number of ether oxygens (including phenoxy) is 1. The number of hydrazone groups is 1. The number of hydrogen-bond donors (Lipinski definition) is 1. The van der Waals surface area contributed by atoms with E-state index in [1.165, 1.54) is 66.3 Å². The lowest BCUT2D eigenvalue weighted by atomic mass is 9.89. The molecule has 0 aliphatic rings. The van der Waals surface area contributed by atoms with Crippen LogP contribution in [0.3, 0.4) is 0 Å². The van der Waals surface area contributed by atoms with Crippen molar-refractivity contribution in [2.45, 2.75) is 20.5 Å². The van der Waals surface area contributed by atoms with Crippen molar-refractivity contribution in [1.29, 1.82) is 0 Å². The molecule has 0 amide bonds. The normalized spacial score (nSPS) is 11.3. The maximum absolute atomic E-state index is 6.00. The van der Waals surface area contributed by atoms with Crippen LogP contribution in [0.2, 0.25) is 0 Å². The molecule has 0 aliphatic heterocycles. The maximum atomic E-state index is 6.00. The lowest BCUT2D eigenvalue weighted by molar-refractivity contribution is 0.292. The van der Waals surface area contributed by atoms with Crippen LogP contribution in [0.1, 0.15) is 25.0 Å². The van der Waals surface area contributed by atoms with Gasteiger partial charge in [0.05, 0.1) is 11.0 Å². The summed E-state index contributed by atoms with van der Waals surface area (Å²) in [7, 11) is 0. The predicted molar refractivity (Wildman–Crippen MR) is 261 cm³/mol. The number of nitrogens with zero attached hydrogens (tertiary/aromatic N) is 2. The Kier molecular flexibility index (Phi) is 11.5. The van der Waals surface area contributed by atoms with E-state index < -0.39 is 0 Å². The fraction of sp³-hybridized carbons (Fsp3) is 0.0517. The first kappa shape index (κ1) is 39.5.